The van der Waals surface area contributed by atoms with Gasteiger partial charge in [-0.05, 0) is 38.8 Å². The first-order chi connectivity index (χ1) is 15.1. The van der Waals surface area contributed by atoms with Crippen molar-refractivity contribution in [2.75, 3.05) is 25.0 Å². The molecule has 2 N–H and O–H groups in total. The van der Waals surface area contributed by atoms with E-state index in [-0.39, 0.29) is 0 Å². The standard InChI is InChI=1S/C21H30FN6O3/c22-16-18(30)14(11-29)31-21(16)28-12-23-17-19(24-13-6-2-3-7-13)25-15(26-20(17)28)10-27-8-4-1-5-9-27/h12-14,16,18,21,30H,1-11H2,(H,24,25,26)/t14-,16+,18-,21-/m1/s1. The minimum atomic E-state index is -1.72. The SMILES string of the molecule is [O]C[C@H]1O[C@@H](n2cnc3c(NC4CCCC4)nc(CN4CCCCC4)nc32)[C@@H](F)[C@@H]1O. The molecule has 4 heterocycles. The van der Waals surface area contributed by atoms with Crippen LogP contribution < -0.4 is 5.32 Å². The lowest BCUT2D eigenvalue weighted by atomic mass is 10.1. The fraction of sp³-hybridized carbons (Fsp3) is 0.762. The Balaban J connectivity index is 1.50. The summed E-state index contributed by atoms with van der Waals surface area (Å²) in [6, 6.07) is 0.342. The zero-order chi connectivity index (χ0) is 21.4. The quantitative estimate of drug-likeness (QED) is 0.719. The first kappa shape index (κ1) is 21.0. The summed E-state index contributed by atoms with van der Waals surface area (Å²) in [7, 11) is 0. The van der Waals surface area contributed by atoms with Gasteiger partial charge in [-0.3, -0.25) is 9.47 Å². The molecule has 4 atom stereocenters. The maximum absolute atomic E-state index is 14.8. The molecule has 1 aliphatic carbocycles. The Labute approximate surface area is 180 Å². The predicted molar refractivity (Wildman–Crippen MR) is 111 cm³/mol. The second-order valence-electron chi connectivity index (χ2n) is 8.94. The number of imidazole rings is 1. The summed E-state index contributed by atoms with van der Waals surface area (Å²) in [6.07, 6.45) is 4.23. The average molecular weight is 434 g/mol. The number of alkyl halides is 1. The molecule has 2 saturated heterocycles. The average Bonchev–Trinajstić information content (AvgIpc) is 3.50. The van der Waals surface area contributed by atoms with Crippen molar-refractivity contribution < 1.29 is 19.3 Å². The zero-order valence-electron chi connectivity index (χ0n) is 17.6. The highest BCUT2D eigenvalue weighted by Crippen LogP contribution is 2.35. The summed E-state index contributed by atoms with van der Waals surface area (Å²) < 4.78 is 21.8. The molecule has 1 saturated carbocycles. The summed E-state index contributed by atoms with van der Waals surface area (Å²) in [5.74, 6) is 1.32. The normalized spacial score (nSPS) is 30.4. The molecule has 2 aromatic rings. The van der Waals surface area contributed by atoms with E-state index in [4.69, 9.17) is 14.7 Å². The fourth-order valence-corrected chi connectivity index (χ4v) is 4.97. The summed E-state index contributed by atoms with van der Waals surface area (Å²) in [4.78, 5) is 16.3. The molecule has 0 spiro atoms. The van der Waals surface area contributed by atoms with Crippen molar-refractivity contribution in [3.8, 4) is 0 Å². The Hall–Kier alpha value is -1.88. The molecule has 31 heavy (non-hydrogen) atoms. The van der Waals surface area contributed by atoms with Crippen LogP contribution in [0.15, 0.2) is 6.33 Å². The number of hydrogen-bond acceptors (Lipinski definition) is 7. The highest BCUT2D eigenvalue weighted by Gasteiger charge is 2.45. The fourth-order valence-electron chi connectivity index (χ4n) is 4.97. The van der Waals surface area contributed by atoms with Crippen LogP contribution in [0.3, 0.4) is 0 Å². The third kappa shape index (κ3) is 4.13. The maximum Gasteiger partial charge on any atom is 0.173 e. The van der Waals surface area contributed by atoms with Gasteiger partial charge in [0.15, 0.2) is 29.4 Å². The predicted octanol–water partition coefficient (Wildman–Crippen LogP) is 2.19. The van der Waals surface area contributed by atoms with Crippen molar-refractivity contribution in [2.45, 2.75) is 82.1 Å². The largest absolute Gasteiger partial charge is 0.387 e. The van der Waals surface area contributed by atoms with Crippen LogP contribution in [0.4, 0.5) is 10.2 Å². The number of halogens is 1. The minimum absolute atomic E-state index is 0.342. The van der Waals surface area contributed by atoms with Gasteiger partial charge in [0, 0.05) is 6.04 Å². The molecule has 0 aromatic carbocycles. The van der Waals surface area contributed by atoms with Crippen molar-refractivity contribution in [3.05, 3.63) is 12.2 Å². The molecule has 3 fully saturated rings. The molecule has 2 aliphatic heterocycles. The lowest BCUT2D eigenvalue weighted by Gasteiger charge is -2.26. The van der Waals surface area contributed by atoms with E-state index >= 15 is 0 Å². The van der Waals surface area contributed by atoms with Crippen molar-refractivity contribution in [1.82, 2.24) is 24.4 Å². The summed E-state index contributed by atoms with van der Waals surface area (Å²) in [5.41, 5.74) is 1.03. The summed E-state index contributed by atoms with van der Waals surface area (Å²) in [5, 5.41) is 24.8. The number of aliphatic hydroxyl groups excluding tert-OH is 1. The monoisotopic (exact) mass is 433 g/mol. The van der Waals surface area contributed by atoms with E-state index < -0.39 is 31.2 Å². The first-order valence-corrected chi connectivity index (χ1v) is 11.4. The molecule has 0 unspecified atom stereocenters. The number of hydrogen-bond donors (Lipinski definition) is 2. The van der Waals surface area contributed by atoms with E-state index in [1.54, 1.807) is 0 Å². The number of piperidine rings is 1. The Morgan fingerprint density at radius 1 is 1.16 bits per heavy atom. The van der Waals surface area contributed by atoms with Gasteiger partial charge < -0.3 is 15.2 Å². The van der Waals surface area contributed by atoms with Gasteiger partial charge in [0.25, 0.3) is 0 Å². The number of fused-ring (bicyclic) bond motifs is 1. The number of ether oxygens (including phenoxy) is 1. The topological polar surface area (TPSA) is 108 Å². The van der Waals surface area contributed by atoms with Gasteiger partial charge in [0.2, 0.25) is 0 Å². The van der Waals surface area contributed by atoms with Crippen molar-refractivity contribution >= 4 is 17.0 Å². The molecule has 10 heteroatoms. The van der Waals surface area contributed by atoms with Gasteiger partial charge in [-0.2, -0.15) is 0 Å². The number of nitrogens with zero attached hydrogens (tertiary/aromatic N) is 5. The molecule has 1 radical (unpaired) electrons. The molecule has 5 rings (SSSR count). The van der Waals surface area contributed by atoms with E-state index in [0.29, 0.717) is 35.4 Å². The molecule has 0 amide bonds. The first-order valence-electron chi connectivity index (χ1n) is 11.4. The Morgan fingerprint density at radius 3 is 2.65 bits per heavy atom. The highest BCUT2D eigenvalue weighted by atomic mass is 19.1. The van der Waals surface area contributed by atoms with Gasteiger partial charge in [-0.1, -0.05) is 19.3 Å². The van der Waals surface area contributed by atoms with Crippen LogP contribution in [0.1, 0.15) is 57.0 Å². The van der Waals surface area contributed by atoms with Crippen LogP contribution in [0, 0.1) is 0 Å². The van der Waals surface area contributed by atoms with Crippen LogP contribution in [0.2, 0.25) is 0 Å². The van der Waals surface area contributed by atoms with E-state index in [9.17, 15) is 14.6 Å². The van der Waals surface area contributed by atoms with E-state index in [2.05, 4.69) is 15.2 Å². The van der Waals surface area contributed by atoms with Gasteiger partial charge in [0.05, 0.1) is 12.9 Å². The van der Waals surface area contributed by atoms with Gasteiger partial charge >= 0.3 is 0 Å². The van der Waals surface area contributed by atoms with Crippen molar-refractivity contribution in [2.24, 2.45) is 0 Å². The Morgan fingerprint density at radius 2 is 1.94 bits per heavy atom. The summed E-state index contributed by atoms with van der Waals surface area (Å²) in [6.45, 7) is 1.95. The lowest BCUT2D eigenvalue weighted by Crippen LogP contribution is -2.30. The molecule has 0 bridgehead atoms. The van der Waals surface area contributed by atoms with E-state index in [1.807, 2.05) is 0 Å². The lowest BCUT2D eigenvalue weighted by molar-refractivity contribution is -0.0593. The third-order valence-electron chi connectivity index (χ3n) is 6.71. The smallest absolute Gasteiger partial charge is 0.173 e. The summed E-state index contributed by atoms with van der Waals surface area (Å²) >= 11 is 0. The van der Waals surface area contributed by atoms with Crippen molar-refractivity contribution in [3.63, 3.8) is 0 Å². The second kappa shape index (κ2) is 8.93. The minimum Gasteiger partial charge on any atom is -0.387 e. The van der Waals surface area contributed by atoms with Gasteiger partial charge in [-0.15, -0.1) is 0 Å². The molecule has 9 nitrogen and oxygen atoms in total. The molecule has 2 aromatic heterocycles. The molecule has 169 valence electrons. The number of rotatable bonds is 6. The number of nitrogens with one attached hydrogen (secondary N) is 1. The number of aromatic nitrogens is 4. The molecule has 3 aliphatic rings. The third-order valence-corrected chi connectivity index (χ3v) is 6.71. The van der Waals surface area contributed by atoms with Crippen LogP contribution in [-0.4, -0.2) is 73.6 Å². The highest BCUT2D eigenvalue weighted by molar-refractivity contribution is 5.83. The molecular formula is C21H30FN6O3. The van der Waals surface area contributed by atoms with Crippen LogP contribution >= 0.6 is 0 Å². The number of anilines is 1. The van der Waals surface area contributed by atoms with Crippen LogP contribution in [0.25, 0.3) is 11.2 Å². The second-order valence-corrected chi connectivity index (χ2v) is 8.94. The number of likely N-dealkylation sites (tertiary alicyclic amines) is 1. The Kier molecular flexibility index (Phi) is 6.05. The van der Waals surface area contributed by atoms with Crippen molar-refractivity contribution in [1.29, 1.82) is 0 Å². The van der Waals surface area contributed by atoms with E-state index in [0.717, 1.165) is 25.9 Å². The van der Waals surface area contributed by atoms with E-state index in [1.165, 1.54) is 43.0 Å². The number of aliphatic hydroxyl groups is 1. The van der Waals surface area contributed by atoms with Crippen LogP contribution in [-0.2, 0) is 16.4 Å². The molecular weight excluding hydrogens is 403 g/mol. The zero-order valence-corrected chi connectivity index (χ0v) is 17.6. The van der Waals surface area contributed by atoms with Gasteiger partial charge in [0.1, 0.15) is 24.6 Å². The van der Waals surface area contributed by atoms with Crippen LogP contribution in [0.5, 0.6) is 0 Å². The maximum atomic E-state index is 14.8. The van der Waals surface area contributed by atoms with Gasteiger partial charge in [-0.25, -0.2) is 24.4 Å². The Bertz CT molecular complexity index is 899.